The molecule has 0 aliphatic rings. The van der Waals surface area contributed by atoms with Gasteiger partial charge in [0.05, 0.1) is 25.4 Å². The third-order valence-corrected chi connectivity index (χ3v) is 4.83. The average molecular weight is 427 g/mol. The van der Waals surface area contributed by atoms with E-state index >= 15 is 0 Å². The lowest BCUT2D eigenvalue weighted by atomic mass is 10.1. The summed E-state index contributed by atoms with van der Waals surface area (Å²) in [6, 6.07) is 24.3. The van der Waals surface area contributed by atoms with Crippen LogP contribution in [0.25, 0.3) is 22.1 Å². The number of nitrogens with zero attached hydrogens (tertiary/aromatic N) is 1. The lowest BCUT2D eigenvalue weighted by Crippen LogP contribution is -2.25. The first-order valence-electron chi connectivity index (χ1n) is 9.96. The van der Waals surface area contributed by atoms with Crippen LogP contribution in [0.1, 0.15) is 16.1 Å². The number of hydrazone groups is 1. The van der Waals surface area contributed by atoms with E-state index in [4.69, 9.17) is 9.15 Å². The van der Waals surface area contributed by atoms with Crippen LogP contribution in [0.3, 0.4) is 0 Å². The number of furan rings is 1. The molecule has 0 spiro atoms. The van der Waals surface area contributed by atoms with Crippen LogP contribution in [-0.4, -0.2) is 31.7 Å². The van der Waals surface area contributed by atoms with Crippen molar-refractivity contribution in [3.63, 3.8) is 0 Å². The van der Waals surface area contributed by atoms with Gasteiger partial charge in [-0.2, -0.15) is 5.10 Å². The summed E-state index contributed by atoms with van der Waals surface area (Å²) in [6.45, 7) is 0.0846. The van der Waals surface area contributed by atoms with Gasteiger partial charge < -0.3 is 14.5 Å². The first kappa shape index (κ1) is 20.9. The maximum atomic E-state index is 12.1. The summed E-state index contributed by atoms with van der Waals surface area (Å²) in [5.41, 5.74) is 4.64. The van der Waals surface area contributed by atoms with Crippen LogP contribution in [0.15, 0.2) is 88.4 Å². The molecule has 0 bridgehead atoms. The summed E-state index contributed by atoms with van der Waals surface area (Å²) < 4.78 is 10.4. The summed E-state index contributed by atoms with van der Waals surface area (Å²) in [7, 11) is 1.34. The highest BCUT2D eigenvalue weighted by molar-refractivity contribution is 5.95. The van der Waals surface area contributed by atoms with Gasteiger partial charge in [-0.15, -0.1) is 0 Å². The van der Waals surface area contributed by atoms with Gasteiger partial charge in [0.15, 0.2) is 0 Å². The molecule has 7 nitrogen and oxygen atoms in total. The Hall–Kier alpha value is -4.39. The van der Waals surface area contributed by atoms with E-state index < -0.39 is 5.97 Å². The van der Waals surface area contributed by atoms with Crippen LogP contribution in [0.5, 0.6) is 0 Å². The Morgan fingerprint density at radius 3 is 2.56 bits per heavy atom. The molecule has 32 heavy (non-hydrogen) atoms. The monoisotopic (exact) mass is 427 g/mol. The SMILES string of the molecule is COC(=O)c1ccc(-c2ccc(/C=N\NC(=O)CNc3cccc4ccccc34)o2)cc1. The molecule has 160 valence electrons. The molecule has 4 aromatic rings. The highest BCUT2D eigenvalue weighted by Gasteiger charge is 2.08. The number of rotatable bonds is 7. The molecule has 1 heterocycles. The van der Waals surface area contributed by atoms with Crippen molar-refractivity contribution in [3.05, 3.63) is 90.2 Å². The molecule has 7 heteroatoms. The highest BCUT2D eigenvalue weighted by atomic mass is 16.5. The van der Waals surface area contributed by atoms with Gasteiger partial charge in [0.25, 0.3) is 5.91 Å². The van der Waals surface area contributed by atoms with E-state index in [-0.39, 0.29) is 12.5 Å². The maximum Gasteiger partial charge on any atom is 0.337 e. The number of amides is 1. The van der Waals surface area contributed by atoms with Crippen molar-refractivity contribution in [1.29, 1.82) is 0 Å². The normalized spacial score (nSPS) is 10.9. The van der Waals surface area contributed by atoms with E-state index in [0.717, 1.165) is 22.0 Å². The zero-order chi connectivity index (χ0) is 22.3. The summed E-state index contributed by atoms with van der Waals surface area (Å²) >= 11 is 0. The van der Waals surface area contributed by atoms with Gasteiger partial charge in [-0.1, -0.05) is 48.5 Å². The molecule has 3 aromatic carbocycles. The van der Waals surface area contributed by atoms with Gasteiger partial charge in [-0.3, -0.25) is 4.79 Å². The van der Waals surface area contributed by atoms with Gasteiger partial charge in [-0.25, -0.2) is 10.2 Å². The molecule has 4 rings (SSSR count). The van der Waals surface area contributed by atoms with Crippen LogP contribution in [-0.2, 0) is 9.53 Å². The van der Waals surface area contributed by atoms with Crippen LogP contribution < -0.4 is 10.7 Å². The molecule has 0 saturated carbocycles. The van der Waals surface area contributed by atoms with Crippen LogP contribution in [0, 0.1) is 0 Å². The molecular weight excluding hydrogens is 406 g/mol. The van der Waals surface area contributed by atoms with Gasteiger partial charge in [0.1, 0.15) is 11.5 Å². The Morgan fingerprint density at radius 2 is 1.75 bits per heavy atom. The van der Waals surface area contributed by atoms with Crippen molar-refractivity contribution in [2.24, 2.45) is 5.10 Å². The van der Waals surface area contributed by atoms with E-state index in [9.17, 15) is 9.59 Å². The fourth-order valence-corrected chi connectivity index (χ4v) is 3.23. The Balaban J connectivity index is 1.32. The highest BCUT2D eigenvalue weighted by Crippen LogP contribution is 2.23. The summed E-state index contributed by atoms with van der Waals surface area (Å²) in [5.74, 6) is 0.431. The summed E-state index contributed by atoms with van der Waals surface area (Å²) in [5, 5.41) is 9.24. The average Bonchev–Trinajstić information content (AvgIpc) is 3.31. The lowest BCUT2D eigenvalue weighted by molar-refractivity contribution is -0.119. The predicted molar refractivity (Wildman–Crippen MR) is 124 cm³/mol. The summed E-state index contributed by atoms with van der Waals surface area (Å²) in [6.07, 6.45) is 1.43. The minimum absolute atomic E-state index is 0.0846. The molecule has 0 fully saturated rings. The zero-order valence-corrected chi connectivity index (χ0v) is 17.4. The van der Waals surface area contributed by atoms with Crippen LogP contribution >= 0.6 is 0 Å². The van der Waals surface area contributed by atoms with Gasteiger partial charge in [0, 0.05) is 16.6 Å². The van der Waals surface area contributed by atoms with Crippen molar-refractivity contribution in [2.45, 2.75) is 0 Å². The van der Waals surface area contributed by atoms with Crippen LogP contribution in [0.2, 0.25) is 0 Å². The molecule has 1 amide bonds. The molecule has 0 aliphatic carbocycles. The van der Waals surface area contributed by atoms with Gasteiger partial charge >= 0.3 is 5.97 Å². The number of nitrogens with one attached hydrogen (secondary N) is 2. The van der Waals surface area contributed by atoms with E-state index in [0.29, 0.717) is 17.1 Å². The second kappa shape index (κ2) is 9.61. The topological polar surface area (TPSA) is 92.9 Å². The van der Waals surface area contributed by atoms with Gasteiger partial charge in [0.2, 0.25) is 0 Å². The number of ether oxygens (including phenoxy) is 1. The molecule has 2 N–H and O–H groups in total. The number of anilines is 1. The molecule has 0 radical (unpaired) electrons. The predicted octanol–water partition coefficient (Wildman–Crippen LogP) is 4.45. The van der Waals surface area contributed by atoms with E-state index in [1.807, 2.05) is 42.5 Å². The Kier molecular flexibility index (Phi) is 6.27. The fraction of sp³-hybridized carbons (Fsp3) is 0.0800. The third kappa shape index (κ3) is 4.84. The minimum atomic E-state index is -0.394. The minimum Gasteiger partial charge on any atom is -0.465 e. The number of hydrogen-bond acceptors (Lipinski definition) is 6. The smallest absolute Gasteiger partial charge is 0.337 e. The zero-order valence-electron chi connectivity index (χ0n) is 17.4. The van der Waals surface area contributed by atoms with E-state index in [2.05, 4.69) is 15.8 Å². The maximum absolute atomic E-state index is 12.1. The number of fused-ring (bicyclic) bond motifs is 1. The standard InChI is InChI=1S/C25H21N3O4/c1-31-25(30)19-11-9-18(10-12-19)23-14-13-20(32-23)15-27-28-24(29)16-26-22-8-4-6-17-5-2-3-7-21(17)22/h2-15,26H,16H2,1H3,(H,28,29)/b27-15-. The van der Waals surface area contributed by atoms with Crippen LogP contribution in [0.4, 0.5) is 5.69 Å². The number of benzene rings is 3. The number of hydrogen-bond donors (Lipinski definition) is 2. The first-order chi connectivity index (χ1) is 15.6. The fourth-order valence-electron chi connectivity index (χ4n) is 3.23. The molecule has 1 aromatic heterocycles. The molecule has 0 aliphatic heterocycles. The quantitative estimate of drug-likeness (QED) is 0.258. The summed E-state index contributed by atoms with van der Waals surface area (Å²) in [4.78, 5) is 23.6. The van der Waals surface area contributed by atoms with E-state index in [1.54, 1.807) is 36.4 Å². The first-order valence-corrected chi connectivity index (χ1v) is 9.96. The Labute approximate surface area is 184 Å². The van der Waals surface area contributed by atoms with Crippen molar-refractivity contribution in [2.75, 3.05) is 19.0 Å². The molecule has 0 atom stereocenters. The van der Waals surface area contributed by atoms with E-state index in [1.165, 1.54) is 13.3 Å². The van der Waals surface area contributed by atoms with Crippen molar-refractivity contribution in [1.82, 2.24) is 5.43 Å². The number of esters is 1. The van der Waals surface area contributed by atoms with Gasteiger partial charge in [-0.05, 0) is 35.7 Å². The van der Waals surface area contributed by atoms with Crippen molar-refractivity contribution in [3.8, 4) is 11.3 Å². The Bertz CT molecular complexity index is 1270. The second-order valence-corrected chi connectivity index (χ2v) is 6.94. The van der Waals surface area contributed by atoms with Crippen molar-refractivity contribution < 1.29 is 18.7 Å². The number of methoxy groups -OCH3 is 1. The molecular formula is C25H21N3O4. The molecule has 0 unspecified atom stereocenters. The largest absolute Gasteiger partial charge is 0.465 e. The van der Waals surface area contributed by atoms with Crippen molar-refractivity contribution >= 4 is 34.6 Å². The third-order valence-electron chi connectivity index (χ3n) is 4.83. The lowest BCUT2D eigenvalue weighted by Gasteiger charge is -2.08. The number of carbonyl (C=O) groups is 2. The number of carbonyl (C=O) groups excluding carboxylic acids is 2. The molecule has 0 saturated heterocycles. The second-order valence-electron chi connectivity index (χ2n) is 6.94. The Morgan fingerprint density at radius 1 is 0.969 bits per heavy atom.